The van der Waals surface area contributed by atoms with E-state index in [4.69, 9.17) is 4.74 Å². The Morgan fingerprint density at radius 2 is 2.42 bits per heavy atom. The summed E-state index contributed by atoms with van der Waals surface area (Å²) >= 11 is 0. The van der Waals surface area contributed by atoms with Crippen LogP contribution in [0, 0.1) is 0 Å². The highest BCUT2D eigenvalue weighted by molar-refractivity contribution is 5.14. The molecule has 1 rings (SSSR count). The lowest BCUT2D eigenvalue weighted by atomic mass is 10.3. The molecule has 1 aromatic rings. The van der Waals surface area contributed by atoms with Crippen LogP contribution in [0.5, 0.6) is 0 Å². The van der Waals surface area contributed by atoms with Crippen molar-refractivity contribution in [1.82, 2.24) is 5.16 Å². The quantitative estimate of drug-likeness (QED) is 0.706. The minimum atomic E-state index is -2.60. The van der Waals surface area contributed by atoms with Gasteiger partial charge in [0.1, 0.15) is 6.26 Å². The zero-order valence-corrected chi connectivity index (χ0v) is 6.59. The molecule has 5 heteroatoms. The maximum Gasteiger partial charge on any atom is 0.284 e. The first-order valence-corrected chi connectivity index (χ1v) is 3.54. The van der Waals surface area contributed by atoms with Gasteiger partial charge in [0.05, 0.1) is 6.61 Å². The Labute approximate surface area is 68.3 Å². The van der Waals surface area contributed by atoms with E-state index in [0.717, 1.165) is 0 Å². The number of rotatable bonds is 4. The number of nitrogens with zero attached hydrogens (tertiary/aromatic N) is 1. The summed E-state index contributed by atoms with van der Waals surface area (Å²) in [5.74, 6) is 0. The molecular weight excluding hydrogens is 168 g/mol. The highest BCUT2D eigenvalue weighted by atomic mass is 19.3. The zero-order valence-electron chi connectivity index (χ0n) is 6.59. The lowest BCUT2D eigenvalue weighted by molar-refractivity contribution is 0.119. The molecule has 0 saturated carbocycles. The highest BCUT2D eigenvalue weighted by Crippen LogP contribution is 2.21. The van der Waals surface area contributed by atoms with E-state index in [9.17, 15) is 8.78 Å². The second kappa shape index (κ2) is 4.15. The molecule has 0 N–H and O–H groups in total. The summed E-state index contributed by atoms with van der Waals surface area (Å²) in [6, 6.07) is 0. The summed E-state index contributed by atoms with van der Waals surface area (Å²) < 4.78 is 33.5. The minimum Gasteiger partial charge on any atom is -0.377 e. The van der Waals surface area contributed by atoms with Gasteiger partial charge in [-0.3, -0.25) is 0 Å². The molecule has 0 amide bonds. The standard InChI is InChI=1S/C7H9F2NO2/c1-2-11-3-5-4-12-10-6(5)7(8)9/h4,7H,2-3H2,1H3. The molecule has 3 nitrogen and oxygen atoms in total. The molecule has 1 heterocycles. The van der Waals surface area contributed by atoms with E-state index in [0.29, 0.717) is 12.2 Å². The van der Waals surface area contributed by atoms with Gasteiger partial charge in [0.15, 0.2) is 5.69 Å². The van der Waals surface area contributed by atoms with Crippen molar-refractivity contribution in [3.63, 3.8) is 0 Å². The van der Waals surface area contributed by atoms with E-state index in [-0.39, 0.29) is 12.3 Å². The van der Waals surface area contributed by atoms with Gasteiger partial charge in [-0.2, -0.15) is 0 Å². The Kier molecular flexibility index (Phi) is 3.16. The van der Waals surface area contributed by atoms with Crippen LogP contribution in [0.4, 0.5) is 8.78 Å². The molecule has 0 atom stereocenters. The number of hydrogen-bond donors (Lipinski definition) is 0. The van der Waals surface area contributed by atoms with E-state index in [1.54, 1.807) is 6.92 Å². The third-order valence-corrected chi connectivity index (χ3v) is 1.34. The maximum absolute atomic E-state index is 12.1. The van der Waals surface area contributed by atoms with Crippen molar-refractivity contribution in [2.24, 2.45) is 0 Å². The summed E-state index contributed by atoms with van der Waals surface area (Å²) in [4.78, 5) is 0. The van der Waals surface area contributed by atoms with Crippen molar-refractivity contribution < 1.29 is 18.0 Å². The minimum absolute atomic E-state index is 0.125. The number of alkyl halides is 2. The summed E-state index contributed by atoms with van der Waals surface area (Å²) in [5, 5.41) is 3.16. The molecule has 0 saturated heterocycles. The Hall–Kier alpha value is -0.970. The molecule has 0 fully saturated rings. The third-order valence-electron chi connectivity index (χ3n) is 1.34. The SMILES string of the molecule is CCOCc1conc1C(F)F. The van der Waals surface area contributed by atoms with Crippen molar-refractivity contribution in [3.8, 4) is 0 Å². The van der Waals surface area contributed by atoms with Gasteiger partial charge in [0.2, 0.25) is 0 Å². The first-order valence-electron chi connectivity index (χ1n) is 3.54. The van der Waals surface area contributed by atoms with Gasteiger partial charge in [-0.1, -0.05) is 5.16 Å². The van der Waals surface area contributed by atoms with Crippen LogP contribution in [0.15, 0.2) is 10.8 Å². The van der Waals surface area contributed by atoms with Crippen LogP contribution in [0.2, 0.25) is 0 Å². The van der Waals surface area contributed by atoms with E-state index >= 15 is 0 Å². The Balaban J connectivity index is 2.64. The number of ether oxygens (including phenoxy) is 1. The molecule has 12 heavy (non-hydrogen) atoms. The van der Waals surface area contributed by atoms with E-state index in [2.05, 4.69) is 9.68 Å². The zero-order chi connectivity index (χ0) is 8.97. The van der Waals surface area contributed by atoms with E-state index < -0.39 is 6.43 Å². The van der Waals surface area contributed by atoms with Crippen molar-refractivity contribution >= 4 is 0 Å². The average Bonchev–Trinajstić information content (AvgIpc) is 2.48. The topological polar surface area (TPSA) is 35.3 Å². The molecule has 0 radical (unpaired) electrons. The highest BCUT2D eigenvalue weighted by Gasteiger charge is 2.17. The number of aromatic nitrogens is 1. The van der Waals surface area contributed by atoms with Crippen molar-refractivity contribution in [2.75, 3.05) is 6.61 Å². The predicted octanol–water partition coefficient (Wildman–Crippen LogP) is 2.15. The van der Waals surface area contributed by atoms with Crippen LogP contribution in [0.1, 0.15) is 24.6 Å². The largest absolute Gasteiger partial charge is 0.377 e. The molecule has 0 spiro atoms. The molecular formula is C7H9F2NO2. The lowest BCUT2D eigenvalue weighted by Gasteiger charge is -1.98. The maximum atomic E-state index is 12.1. The van der Waals surface area contributed by atoms with Crippen molar-refractivity contribution in [1.29, 1.82) is 0 Å². The smallest absolute Gasteiger partial charge is 0.284 e. The van der Waals surface area contributed by atoms with Gasteiger partial charge < -0.3 is 9.26 Å². The van der Waals surface area contributed by atoms with Crippen LogP contribution < -0.4 is 0 Å². The van der Waals surface area contributed by atoms with Gasteiger partial charge in [-0.15, -0.1) is 0 Å². The lowest BCUT2D eigenvalue weighted by Crippen LogP contribution is -1.95. The molecule has 0 aliphatic carbocycles. The fourth-order valence-corrected chi connectivity index (χ4v) is 0.766. The van der Waals surface area contributed by atoms with Gasteiger partial charge in [-0.05, 0) is 6.92 Å². The predicted molar refractivity (Wildman–Crippen MR) is 36.8 cm³/mol. The first-order chi connectivity index (χ1) is 5.75. The summed E-state index contributed by atoms with van der Waals surface area (Å²) in [7, 11) is 0. The van der Waals surface area contributed by atoms with Crippen molar-refractivity contribution in [3.05, 3.63) is 17.5 Å². The van der Waals surface area contributed by atoms with Crippen LogP contribution in [-0.2, 0) is 11.3 Å². The summed E-state index contributed by atoms with van der Waals surface area (Å²) in [5.41, 5.74) is -0.0182. The fourth-order valence-electron chi connectivity index (χ4n) is 0.766. The monoisotopic (exact) mass is 177 g/mol. The molecule has 0 aliphatic rings. The van der Waals surface area contributed by atoms with Gasteiger partial charge >= 0.3 is 0 Å². The Morgan fingerprint density at radius 1 is 1.67 bits per heavy atom. The second-order valence-electron chi connectivity index (χ2n) is 2.16. The van der Waals surface area contributed by atoms with E-state index in [1.807, 2.05) is 0 Å². The summed E-state index contributed by atoms with van der Waals surface area (Å²) in [6.07, 6.45) is -1.42. The molecule has 0 bridgehead atoms. The third kappa shape index (κ3) is 2.01. The average molecular weight is 177 g/mol. The molecule has 1 aromatic heterocycles. The van der Waals surface area contributed by atoms with Gasteiger partial charge in [-0.25, -0.2) is 8.78 Å². The number of halogens is 2. The van der Waals surface area contributed by atoms with Crippen LogP contribution in [0.25, 0.3) is 0 Å². The first kappa shape index (κ1) is 9.12. The fraction of sp³-hybridized carbons (Fsp3) is 0.571. The normalized spacial score (nSPS) is 11.0. The van der Waals surface area contributed by atoms with Crippen molar-refractivity contribution in [2.45, 2.75) is 20.0 Å². The Morgan fingerprint density at radius 3 is 3.00 bits per heavy atom. The molecule has 0 unspecified atom stereocenters. The van der Waals surface area contributed by atoms with Crippen LogP contribution >= 0.6 is 0 Å². The van der Waals surface area contributed by atoms with Crippen LogP contribution in [-0.4, -0.2) is 11.8 Å². The molecule has 0 aromatic carbocycles. The van der Waals surface area contributed by atoms with Gasteiger partial charge in [0, 0.05) is 12.2 Å². The molecule has 68 valence electrons. The van der Waals surface area contributed by atoms with E-state index in [1.165, 1.54) is 6.26 Å². The van der Waals surface area contributed by atoms with Gasteiger partial charge in [0.25, 0.3) is 6.43 Å². The summed E-state index contributed by atoms with van der Waals surface area (Å²) in [6.45, 7) is 2.39. The molecule has 0 aliphatic heterocycles. The Bertz CT molecular complexity index is 237. The van der Waals surface area contributed by atoms with Crippen LogP contribution in [0.3, 0.4) is 0 Å². The second-order valence-corrected chi connectivity index (χ2v) is 2.16. The number of hydrogen-bond acceptors (Lipinski definition) is 3.